The number of benzene rings is 1. The predicted molar refractivity (Wildman–Crippen MR) is 113 cm³/mol. The highest BCUT2D eigenvalue weighted by molar-refractivity contribution is 7.98. The minimum absolute atomic E-state index is 0.758. The van der Waals surface area contributed by atoms with Gasteiger partial charge in [0.15, 0.2) is 5.06 Å². The quantitative estimate of drug-likeness (QED) is 0.488. The first-order valence-corrected chi connectivity index (χ1v) is 12.1. The molecule has 2 N–H and O–H groups in total. The summed E-state index contributed by atoms with van der Waals surface area (Å²) >= 11 is 2.06. The molecule has 0 bridgehead atoms. The Balaban J connectivity index is 1.56. The van der Waals surface area contributed by atoms with Crippen LogP contribution in [0, 0.1) is 0 Å². The molecule has 5 nitrogen and oxygen atoms in total. The fraction of sp³-hybridized carbons (Fsp3) is 0.444. The molecule has 8 heteroatoms. The molecule has 1 fully saturated rings. The summed E-state index contributed by atoms with van der Waals surface area (Å²) in [5, 5.41) is 4.13. The van der Waals surface area contributed by atoms with Gasteiger partial charge in [-0.15, -0.1) is 4.72 Å². The van der Waals surface area contributed by atoms with Gasteiger partial charge in [-0.2, -0.15) is 11.8 Å². The Labute approximate surface area is 166 Å². The van der Waals surface area contributed by atoms with Gasteiger partial charge < -0.3 is 19.5 Å². The third-order valence-electron chi connectivity index (χ3n) is 4.02. The Kier molecular flexibility index (Phi) is 7.97. The SMILES string of the molecule is CSCCCN[S+]([O-])c1ccc(Oc2cccc(N3CCNCC3)c2)s1. The van der Waals surface area contributed by atoms with Crippen molar-refractivity contribution < 1.29 is 9.29 Å². The smallest absolute Gasteiger partial charge is 0.231 e. The van der Waals surface area contributed by atoms with Gasteiger partial charge in [-0.25, -0.2) is 0 Å². The van der Waals surface area contributed by atoms with Crippen molar-refractivity contribution in [2.45, 2.75) is 10.6 Å². The molecule has 1 saturated heterocycles. The molecule has 2 aromatic rings. The van der Waals surface area contributed by atoms with Gasteiger partial charge in [-0.05, 0) is 48.0 Å². The molecule has 0 spiro atoms. The first kappa shape index (κ1) is 19.9. The van der Waals surface area contributed by atoms with Crippen LogP contribution in [0.25, 0.3) is 0 Å². The summed E-state index contributed by atoms with van der Waals surface area (Å²) in [7, 11) is 0. The summed E-state index contributed by atoms with van der Waals surface area (Å²) in [5.74, 6) is 1.89. The van der Waals surface area contributed by atoms with Gasteiger partial charge in [0.2, 0.25) is 4.21 Å². The van der Waals surface area contributed by atoms with Gasteiger partial charge in [0.05, 0.1) is 11.4 Å². The standard InChI is InChI=1S/C18H25N3O2S3/c1-24-13-3-8-20-26(22)18-7-6-17(25-18)23-16-5-2-4-15(14-16)21-11-9-19-10-12-21/h2,4-7,14,19-20H,3,8-13H2,1H3. The number of thiophene rings is 1. The zero-order valence-electron chi connectivity index (χ0n) is 14.9. The van der Waals surface area contributed by atoms with Crippen LogP contribution in [0.5, 0.6) is 10.8 Å². The van der Waals surface area contributed by atoms with E-state index in [-0.39, 0.29) is 0 Å². The van der Waals surface area contributed by atoms with Crippen molar-refractivity contribution in [1.82, 2.24) is 10.0 Å². The lowest BCUT2D eigenvalue weighted by Crippen LogP contribution is -2.43. The van der Waals surface area contributed by atoms with Crippen LogP contribution in [0.2, 0.25) is 0 Å². The van der Waals surface area contributed by atoms with Crippen molar-refractivity contribution >= 4 is 40.1 Å². The average molecular weight is 412 g/mol. The Morgan fingerprint density at radius 3 is 2.96 bits per heavy atom. The van der Waals surface area contributed by atoms with E-state index in [1.54, 1.807) is 11.8 Å². The van der Waals surface area contributed by atoms with Crippen molar-refractivity contribution in [2.24, 2.45) is 0 Å². The molecule has 1 aromatic heterocycles. The minimum Gasteiger partial charge on any atom is -0.592 e. The summed E-state index contributed by atoms with van der Waals surface area (Å²) in [6.07, 6.45) is 3.09. The normalized spacial score (nSPS) is 15.8. The average Bonchev–Trinajstić information content (AvgIpc) is 3.15. The number of nitrogens with zero attached hydrogens (tertiary/aromatic N) is 1. The Bertz CT molecular complexity index is 677. The van der Waals surface area contributed by atoms with Crippen LogP contribution in [0.4, 0.5) is 5.69 Å². The van der Waals surface area contributed by atoms with E-state index in [1.165, 1.54) is 17.0 Å². The fourth-order valence-electron chi connectivity index (χ4n) is 2.69. The molecule has 3 rings (SSSR count). The van der Waals surface area contributed by atoms with E-state index in [9.17, 15) is 4.55 Å². The highest BCUT2D eigenvalue weighted by atomic mass is 32.2. The van der Waals surface area contributed by atoms with Crippen molar-refractivity contribution in [1.29, 1.82) is 0 Å². The van der Waals surface area contributed by atoms with E-state index in [0.29, 0.717) is 0 Å². The predicted octanol–water partition coefficient (Wildman–Crippen LogP) is 3.32. The van der Waals surface area contributed by atoms with Gasteiger partial charge in [-0.1, -0.05) is 6.07 Å². The number of thioether (sulfide) groups is 1. The van der Waals surface area contributed by atoms with Gasteiger partial charge in [0, 0.05) is 50.5 Å². The van der Waals surface area contributed by atoms with Gasteiger partial charge in [0.1, 0.15) is 5.75 Å². The highest BCUT2D eigenvalue weighted by Gasteiger charge is 2.16. The number of nitrogens with one attached hydrogen (secondary N) is 2. The van der Waals surface area contributed by atoms with Crippen molar-refractivity contribution in [3.8, 4) is 10.8 Å². The molecule has 1 aromatic carbocycles. The summed E-state index contributed by atoms with van der Waals surface area (Å²) in [6.45, 7) is 4.79. The first-order chi connectivity index (χ1) is 12.8. The van der Waals surface area contributed by atoms with Crippen LogP contribution in [-0.2, 0) is 11.4 Å². The molecule has 1 unspecified atom stereocenters. The van der Waals surface area contributed by atoms with E-state index >= 15 is 0 Å². The van der Waals surface area contributed by atoms with Gasteiger partial charge in [0.25, 0.3) is 0 Å². The number of ether oxygens (including phenoxy) is 1. The van der Waals surface area contributed by atoms with Gasteiger partial charge in [-0.3, -0.25) is 0 Å². The lowest BCUT2D eigenvalue weighted by Gasteiger charge is -2.29. The molecule has 2 heterocycles. The molecular weight excluding hydrogens is 386 g/mol. The topological polar surface area (TPSA) is 59.6 Å². The summed E-state index contributed by atoms with van der Waals surface area (Å²) < 4.78 is 22.1. The van der Waals surface area contributed by atoms with E-state index in [0.717, 1.165) is 59.9 Å². The second kappa shape index (κ2) is 10.4. The summed E-state index contributed by atoms with van der Waals surface area (Å²) in [5.41, 5.74) is 1.18. The maximum Gasteiger partial charge on any atom is 0.231 e. The molecule has 26 heavy (non-hydrogen) atoms. The number of hydrogen-bond acceptors (Lipinski definition) is 7. The largest absolute Gasteiger partial charge is 0.592 e. The van der Waals surface area contributed by atoms with E-state index in [1.807, 2.05) is 24.3 Å². The second-order valence-corrected chi connectivity index (χ2v) is 9.48. The van der Waals surface area contributed by atoms with E-state index in [2.05, 4.69) is 33.3 Å². The molecule has 1 atom stereocenters. The molecule has 0 saturated carbocycles. The van der Waals surface area contributed by atoms with Crippen LogP contribution >= 0.6 is 23.1 Å². The molecule has 1 aliphatic heterocycles. The fourth-order valence-corrected chi connectivity index (χ4v) is 5.12. The molecule has 0 amide bonds. The Morgan fingerprint density at radius 1 is 1.31 bits per heavy atom. The maximum atomic E-state index is 12.3. The van der Waals surface area contributed by atoms with Crippen LogP contribution in [0.3, 0.4) is 0 Å². The molecular formula is C18H25N3O2S3. The van der Waals surface area contributed by atoms with Gasteiger partial charge >= 0.3 is 0 Å². The number of hydrogen-bond donors (Lipinski definition) is 2. The zero-order chi connectivity index (χ0) is 18.2. The summed E-state index contributed by atoms with van der Waals surface area (Å²) in [4.78, 5) is 2.36. The third kappa shape index (κ3) is 5.80. The summed E-state index contributed by atoms with van der Waals surface area (Å²) in [6, 6.07) is 11.9. The minimum atomic E-state index is -1.17. The number of piperazine rings is 1. The van der Waals surface area contributed by atoms with Crippen LogP contribution in [0.1, 0.15) is 6.42 Å². The third-order valence-corrected chi connectivity index (χ3v) is 7.14. The van der Waals surface area contributed by atoms with Crippen molar-refractivity contribution in [3.63, 3.8) is 0 Å². The molecule has 0 aliphatic carbocycles. The van der Waals surface area contributed by atoms with Crippen molar-refractivity contribution in [2.75, 3.05) is 49.6 Å². The monoisotopic (exact) mass is 411 g/mol. The lowest BCUT2D eigenvalue weighted by atomic mass is 10.2. The first-order valence-electron chi connectivity index (χ1n) is 8.74. The second-order valence-electron chi connectivity index (χ2n) is 5.92. The molecule has 142 valence electrons. The molecule has 0 radical (unpaired) electrons. The number of anilines is 1. The highest BCUT2D eigenvalue weighted by Crippen LogP contribution is 2.33. The van der Waals surface area contributed by atoms with Crippen molar-refractivity contribution in [3.05, 3.63) is 36.4 Å². The zero-order valence-corrected chi connectivity index (χ0v) is 17.4. The number of rotatable bonds is 9. The maximum absolute atomic E-state index is 12.3. The van der Waals surface area contributed by atoms with Crippen LogP contribution in [-0.4, -0.2) is 49.3 Å². The van der Waals surface area contributed by atoms with E-state index < -0.39 is 11.4 Å². The Morgan fingerprint density at radius 2 is 2.15 bits per heavy atom. The van der Waals surface area contributed by atoms with Crippen LogP contribution in [0.15, 0.2) is 40.6 Å². The van der Waals surface area contributed by atoms with E-state index in [4.69, 9.17) is 4.74 Å². The Hall–Kier alpha value is -0.900. The lowest BCUT2D eigenvalue weighted by molar-refractivity contribution is 0.496. The van der Waals surface area contributed by atoms with Crippen LogP contribution < -0.4 is 19.7 Å². The molecule has 1 aliphatic rings.